The summed E-state index contributed by atoms with van der Waals surface area (Å²) in [6.07, 6.45) is 3.35. The van der Waals surface area contributed by atoms with Crippen LogP contribution in [0.1, 0.15) is 10.4 Å². The number of carbonyl (C=O) groups is 1. The molecule has 5 nitrogen and oxygen atoms in total. The molecule has 0 aliphatic heterocycles. The first-order valence-electron chi connectivity index (χ1n) is 5.65. The second kappa shape index (κ2) is 4.74. The van der Waals surface area contributed by atoms with E-state index in [1.54, 1.807) is 25.6 Å². The van der Waals surface area contributed by atoms with Crippen molar-refractivity contribution in [1.82, 2.24) is 9.97 Å². The molecule has 0 aliphatic carbocycles. The van der Waals surface area contributed by atoms with Gasteiger partial charge < -0.3 is 9.72 Å². The van der Waals surface area contributed by atoms with Crippen molar-refractivity contribution >= 4 is 32.6 Å². The SMILES string of the molecule is COc1ccc2nc(NC(=O)c3cc[nH]c3)sc2c1. The molecule has 3 rings (SSSR count). The maximum Gasteiger partial charge on any atom is 0.258 e. The Labute approximate surface area is 113 Å². The van der Waals surface area contributed by atoms with Crippen LogP contribution in [-0.2, 0) is 0 Å². The molecule has 0 saturated carbocycles. The summed E-state index contributed by atoms with van der Waals surface area (Å²) in [7, 11) is 1.62. The third kappa shape index (κ3) is 2.30. The van der Waals surface area contributed by atoms with Crippen LogP contribution in [0.25, 0.3) is 10.2 Å². The molecule has 0 aliphatic rings. The van der Waals surface area contributed by atoms with Crippen molar-refractivity contribution < 1.29 is 9.53 Å². The molecule has 2 heterocycles. The normalized spacial score (nSPS) is 10.6. The molecule has 3 aromatic rings. The van der Waals surface area contributed by atoms with Crippen molar-refractivity contribution in [2.45, 2.75) is 0 Å². The first kappa shape index (κ1) is 11.7. The largest absolute Gasteiger partial charge is 0.497 e. The Balaban J connectivity index is 1.87. The highest BCUT2D eigenvalue weighted by molar-refractivity contribution is 7.22. The van der Waals surface area contributed by atoms with Gasteiger partial charge in [-0.2, -0.15) is 0 Å². The van der Waals surface area contributed by atoms with Gasteiger partial charge in [0.2, 0.25) is 0 Å². The molecule has 19 heavy (non-hydrogen) atoms. The number of hydrogen-bond acceptors (Lipinski definition) is 4. The number of H-pyrrole nitrogens is 1. The quantitative estimate of drug-likeness (QED) is 0.771. The lowest BCUT2D eigenvalue weighted by Gasteiger charge is -1.97. The van der Waals surface area contributed by atoms with Crippen LogP contribution in [0, 0.1) is 0 Å². The lowest BCUT2D eigenvalue weighted by Crippen LogP contribution is -2.10. The van der Waals surface area contributed by atoms with Gasteiger partial charge in [-0.25, -0.2) is 4.98 Å². The molecule has 2 aromatic heterocycles. The van der Waals surface area contributed by atoms with Crippen LogP contribution in [0.5, 0.6) is 5.75 Å². The Hall–Kier alpha value is -2.34. The number of ether oxygens (including phenoxy) is 1. The van der Waals surface area contributed by atoms with Crippen LogP contribution in [0.3, 0.4) is 0 Å². The van der Waals surface area contributed by atoms with Crippen LogP contribution < -0.4 is 10.1 Å². The number of amides is 1. The van der Waals surface area contributed by atoms with E-state index in [9.17, 15) is 4.79 Å². The molecule has 0 bridgehead atoms. The molecule has 1 amide bonds. The summed E-state index contributed by atoms with van der Waals surface area (Å²) in [6, 6.07) is 7.33. The first-order chi connectivity index (χ1) is 9.26. The second-order valence-electron chi connectivity index (χ2n) is 3.91. The van der Waals surface area contributed by atoms with Crippen LogP contribution >= 0.6 is 11.3 Å². The predicted octanol–water partition coefficient (Wildman–Crippen LogP) is 2.89. The highest BCUT2D eigenvalue weighted by Gasteiger charge is 2.10. The van der Waals surface area contributed by atoms with E-state index < -0.39 is 0 Å². The number of nitrogens with zero attached hydrogens (tertiary/aromatic N) is 1. The number of carbonyl (C=O) groups excluding carboxylic acids is 1. The third-order valence-electron chi connectivity index (χ3n) is 2.68. The molecule has 0 unspecified atom stereocenters. The van der Waals surface area contributed by atoms with Crippen molar-refractivity contribution in [1.29, 1.82) is 0 Å². The molecule has 0 atom stereocenters. The minimum atomic E-state index is -0.174. The lowest BCUT2D eigenvalue weighted by molar-refractivity contribution is 0.102. The summed E-state index contributed by atoms with van der Waals surface area (Å²) in [4.78, 5) is 19.1. The minimum Gasteiger partial charge on any atom is -0.497 e. The average molecular weight is 273 g/mol. The number of benzene rings is 1. The van der Waals surface area contributed by atoms with E-state index in [4.69, 9.17) is 4.74 Å². The van der Waals surface area contributed by atoms with E-state index in [1.807, 2.05) is 18.2 Å². The standard InChI is InChI=1S/C13H11N3O2S/c1-18-9-2-3-10-11(6-9)19-13(15-10)16-12(17)8-4-5-14-7-8/h2-7,14H,1H3,(H,15,16,17). The molecular weight excluding hydrogens is 262 g/mol. The van der Waals surface area contributed by atoms with Gasteiger partial charge >= 0.3 is 0 Å². The summed E-state index contributed by atoms with van der Waals surface area (Å²) in [6.45, 7) is 0. The van der Waals surface area contributed by atoms with Gasteiger partial charge in [-0.05, 0) is 24.3 Å². The average Bonchev–Trinajstić information content (AvgIpc) is 3.06. The molecule has 96 valence electrons. The van der Waals surface area contributed by atoms with Gasteiger partial charge in [-0.3, -0.25) is 10.1 Å². The molecule has 1 aromatic carbocycles. The highest BCUT2D eigenvalue weighted by Crippen LogP contribution is 2.29. The van der Waals surface area contributed by atoms with E-state index in [0.717, 1.165) is 16.0 Å². The van der Waals surface area contributed by atoms with E-state index in [0.29, 0.717) is 10.7 Å². The van der Waals surface area contributed by atoms with E-state index in [-0.39, 0.29) is 5.91 Å². The Kier molecular flexibility index (Phi) is 2.92. The summed E-state index contributed by atoms with van der Waals surface area (Å²) < 4.78 is 6.13. The smallest absolute Gasteiger partial charge is 0.258 e. The molecule has 0 spiro atoms. The summed E-state index contributed by atoms with van der Waals surface area (Å²) >= 11 is 1.42. The van der Waals surface area contributed by atoms with Gasteiger partial charge in [-0.1, -0.05) is 11.3 Å². The number of thiazole rings is 1. The zero-order valence-electron chi connectivity index (χ0n) is 10.1. The number of nitrogens with one attached hydrogen (secondary N) is 2. The van der Waals surface area contributed by atoms with Crippen LogP contribution in [0.15, 0.2) is 36.7 Å². The first-order valence-corrected chi connectivity index (χ1v) is 6.46. The van der Waals surface area contributed by atoms with Crippen molar-refractivity contribution in [3.8, 4) is 5.75 Å². The summed E-state index contributed by atoms with van der Waals surface area (Å²) in [5, 5.41) is 3.36. The van der Waals surface area contributed by atoms with Crippen molar-refractivity contribution in [3.05, 3.63) is 42.2 Å². The Morgan fingerprint density at radius 3 is 3.05 bits per heavy atom. The van der Waals surface area contributed by atoms with Gasteiger partial charge in [0.25, 0.3) is 5.91 Å². The van der Waals surface area contributed by atoms with Crippen LogP contribution in [0.4, 0.5) is 5.13 Å². The van der Waals surface area contributed by atoms with E-state index in [2.05, 4.69) is 15.3 Å². The number of aromatic nitrogens is 2. The monoisotopic (exact) mass is 273 g/mol. The predicted molar refractivity (Wildman–Crippen MR) is 74.9 cm³/mol. The van der Waals surface area contributed by atoms with Crippen molar-refractivity contribution in [2.24, 2.45) is 0 Å². The van der Waals surface area contributed by atoms with Gasteiger partial charge in [0.1, 0.15) is 5.75 Å². The van der Waals surface area contributed by atoms with Gasteiger partial charge in [0.05, 0.1) is 22.9 Å². The molecule has 0 radical (unpaired) electrons. The number of fused-ring (bicyclic) bond motifs is 1. The number of hydrogen-bond donors (Lipinski definition) is 2. The van der Waals surface area contributed by atoms with Crippen LogP contribution in [-0.4, -0.2) is 23.0 Å². The number of anilines is 1. The van der Waals surface area contributed by atoms with Crippen molar-refractivity contribution in [2.75, 3.05) is 12.4 Å². The minimum absolute atomic E-state index is 0.174. The fraction of sp³-hybridized carbons (Fsp3) is 0.0769. The number of aromatic amines is 1. The topological polar surface area (TPSA) is 67.0 Å². The highest BCUT2D eigenvalue weighted by atomic mass is 32.1. The molecular formula is C13H11N3O2S. The molecule has 2 N–H and O–H groups in total. The molecule has 6 heteroatoms. The van der Waals surface area contributed by atoms with Crippen molar-refractivity contribution in [3.63, 3.8) is 0 Å². The summed E-state index contributed by atoms with van der Waals surface area (Å²) in [5.41, 5.74) is 1.42. The van der Waals surface area contributed by atoms with Gasteiger partial charge in [0.15, 0.2) is 5.13 Å². The maximum absolute atomic E-state index is 11.9. The lowest BCUT2D eigenvalue weighted by atomic mass is 10.3. The Morgan fingerprint density at radius 2 is 2.32 bits per heavy atom. The molecule has 0 fully saturated rings. The fourth-order valence-electron chi connectivity index (χ4n) is 1.72. The zero-order valence-corrected chi connectivity index (χ0v) is 11.0. The third-order valence-corrected chi connectivity index (χ3v) is 3.61. The maximum atomic E-state index is 11.9. The van der Waals surface area contributed by atoms with E-state index in [1.165, 1.54) is 11.3 Å². The fourth-order valence-corrected chi connectivity index (χ4v) is 2.61. The Bertz CT molecular complexity index is 719. The molecule has 0 saturated heterocycles. The second-order valence-corrected chi connectivity index (χ2v) is 4.94. The van der Waals surface area contributed by atoms with Crippen LogP contribution in [0.2, 0.25) is 0 Å². The summed E-state index contributed by atoms with van der Waals surface area (Å²) in [5.74, 6) is 0.604. The number of methoxy groups -OCH3 is 1. The Morgan fingerprint density at radius 1 is 1.42 bits per heavy atom. The van der Waals surface area contributed by atoms with E-state index >= 15 is 0 Å². The van der Waals surface area contributed by atoms with Gasteiger partial charge in [0, 0.05) is 12.4 Å². The number of rotatable bonds is 3. The zero-order chi connectivity index (χ0) is 13.2. The van der Waals surface area contributed by atoms with Gasteiger partial charge in [-0.15, -0.1) is 0 Å².